The van der Waals surface area contributed by atoms with Crippen molar-refractivity contribution in [3.63, 3.8) is 0 Å². The fraction of sp³-hybridized carbons (Fsp3) is 0.0909. The van der Waals surface area contributed by atoms with Crippen LogP contribution in [0.15, 0.2) is 72.0 Å². The third-order valence-electron chi connectivity index (χ3n) is 4.61. The molecule has 27 heavy (non-hydrogen) atoms. The standard InChI is InChI=1S/C22H19N3O2/c1-25-14-17(18-9-5-6-10-20(18)25)13-23-24-22(26)19-11-15-7-3-4-8-16(15)12-21(19)27-2/h3-14H,1-2H3,(H,24,26). The van der Waals surface area contributed by atoms with E-state index in [1.165, 1.54) is 0 Å². The Hall–Kier alpha value is -3.60. The Morgan fingerprint density at radius 1 is 1.07 bits per heavy atom. The van der Waals surface area contributed by atoms with Gasteiger partial charge >= 0.3 is 0 Å². The minimum Gasteiger partial charge on any atom is -0.496 e. The Kier molecular flexibility index (Phi) is 4.34. The second-order valence-electron chi connectivity index (χ2n) is 6.31. The molecule has 0 fully saturated rings. The van der Waals surface area contributed by atoms with Gasteiger partial charge in [0.2, 0.25) is 0 Å². The zero-order chi connectivity index (χ0) is 18.8. The molecule has 0 atom stereocenters. The van der Waals surface area contributed by atoms with Crippen molar-refractivity contribution in [2.75, 3.05) is 7.11 Å². The van der Waals surface area contributed by atoms with Gasteiger partial charge in [-0.25, -0.2) is 5.43 Å². The molecule has 3 aromatic carbocycles. The highest BCUT2D eigenvalue weighted by atomic mass is 16.5. The zero-order valence-electron chi connectivity index (χ0n) is 15.1. The number of hydrazone groups is 1. The number of nitrogens with one attached hydrogen (secondary N) is 1. The molecule has 0 aliphatic heterocycles. The van der Waals surface area contributed by atoms with E-state index in [-0.39, 0.29) is 5.91 Å². The van der Waals surface area contributed by atoms with Crippen LogP contribution in [0.25, 0.3) is 21.7 Å². The van der Waals surface area contributed by atoms with Gasteiger partial charge in [-0.3, -0.25) is 4.79 Å². The smallest absolute Gasteiger partial charge is 0.275 e. The Bertz CT molecular complexity index is 1170. The van der Waals surface area contributed by atoms with Crippen molar-refractivity contribution in [2.45, 2.75) is 0 Å². The number of benzene rings is 3. The summed E-state index contributed by atoms with van der Waals surface area (Å²) in [6.45, 7) is 0. The lowest BCUT2D eigenvalue weighted by atomic mass is 10.1. The predicted molar refractivity (Wildman–Crippen MR) is 108 cm³/mol. The number of amides is 1. The maximum Gasteiger partial charge on any atom is 0.275 e. The molecule has 0 unspecified atom stereocenters. The molecule has 0 spiro atoms. The van der Waals surface area contributed by atoms with Crippen molar-refractivity contribution in [1.82, 2.24) is 9.99 Å². The van der Waals surface area contributed by atoms with E-state index in [1.54, 1.807) is 13.3 Å². The Morgan fingerprint density at radius 2 is 1.78 bits per heavy atom. The van der Waals surface area contributed by atoms with Crippen molar-refractivity contribution < 1.29 is 9.53 Å². The lowest BCUT2D eigenvalue weighted by Gasteiger charge is -2.09. The number of para-hydroxylation sites is 1. The number of fused-ring (bicyclic) bond motifs is 2. The van der Waals surface area contributed by atoms with E-state index in [2.05, 4.69) is 10.5 Å². The van der Waals surface area contributed by atoms with Crippen LogP contribution in [0.4, 0.5) is 0 Å². The number of carbonyl (C=O) groups is 1. The summed E-state index contributed by atoms with van der Waals surface area (Å²) >= 11 is 0. The van der Waals surface area contributed by atoms with Gasteiger partial charge in [0.15, 0.2) is 0 Å². The largest absolute Gasteiger partial charge is 0.496 e. The number of methoxy groups -OCH3 is 1. The van der Waals surface area contributed by atoms with E-state index in [1.807, 2.05) is 78.5 Å². The van der Waals surface area contributed by atoms with Crippen LogP contribution in [0.3, 0.4) is 0 Å². The number of rotatable bonds is 4. The van der Waals surface area contributed by atoms with E-state index in [9.17, 15) is 4.79 Å². The lowest BCUT2D eigenvalue weighted by molar-refractivity contribution is 0.0952. The number of aromatic nitrogens is 1. The highest BCUT2D eigenvalue weighted by Crippen LogP contribution is 2.26. The fourth-order valence-corrected chi connectivity index (χ4v) is 3.26. The van der Waals surface area contributed by atoms with Gasteiger partial charge in [0, 0.05) is 29.7 Å². The second kappa shape index (κ2) is 6.96. The quantitative estimate of drug-likeness (QED) is 0.441. The van der Waals surface area contributed by atoms with Gasteiger partial charge in [0.05, 0.1) is 18.9 Å². The van der Waals surface area contributed by atoms with Gasteiger partial charge in [-0.05, 0) is 29.0 Å². The topological polar surface area (TPSA) is 55.6 Å². The molecule has 0 saturated carbocycles. The summed E-state index contributed by atoms with van der Waals surface area (Å²) in [5.41, 5.74) is 5.11. The van der Waals surface area contributed by atoms with Gasteiger partial charge < -0.3 is 9.30 Å². The number of hydrogen-bond acceptors (Lipinski definition) is 3. The molecule has 1 aromatic heterocycles. The zero-order valence-corrected chi connectivity index (χ0v) is 15.1. The molecule has 5 heteroatoms. The molecular weight excluding hydrogens is 338 g/mol. The summed E-state index contributed by atoms with van der Waals surface area (Å²) in [6, 6.07) is 19.6. The van der Waals surface area contributed by atoms with Gasteiger partial charge in [-0.1, -0.05) is 42.5 Å². The fourth-order valence-electron chi connectivity index (χ4n) is 3.26. The summed E-state index contributed by atoms with van der Waals surface area (Å²) in [5.74, 6) is 0.209. The molecule has 0 saturated heterocycles. The first-order chi connectivity index (χ1) is 13.2. The van der Waals surface area contributed by atoms with Gasteiger partial charge in [-0.2, -0.15) is 5.10 Å². The lowest BCUT2D eigenvalue weighted by Crippen LogP contribution is -2.18. The highest BCUT2D eigenvalue weighted by molar-refractivity contribution is 6.03. The Balaban J connectivity index is 1.60. The number of carbonyl (C=O) groups excluding carboxylic acids is 1. The molecule has 0 bridgehead atoms. The number of aryl methyl sites for hydroxylation is 1. The molecule has 0 aliphatic rings. The summed E-state index contributed by atoms with van der Waals surface area (Å²) < 4.78 is 7.42. The van der Waals surface area contributed by atoms with Crippen LogP contribution in [-0.2, 0) is 7.05 Å². The normalized spacial score (nSPS) is 11.3. The van der Waals surface area contributed by atoms with Crippen LogP contribution in [0, 0.1) is 0 Å². The summed E-state index contributed by atoms with van der Waals surface area (Å²) in [7, 11) is 3.54. The first kappa shape index (κ1) is 16.8. The van der Waals surface area contributed by atoms with Crippen LogP contribution in [0.2, 0.25) is 0 Å². The molecule has 0 radical (unpaired) electrons. The SMILES string of the molecule is COc1cc2ccccc2cc1C(=O)NN=Cc1cn(C)c2ccccc12. The third-order valence-corrected chi connectivity index (χ3v) is 4.61. The highest BCUT2D eigenvalue weighted by Gasteiger charge is 2.13. The number of hydrogen-bond donors (Lipinski definition) is 1. The molecule has 134 valence electrons. The van der Waals surface area contributed by atoms with E-state index in [0.29, 0.717) is 11.3 Å². The van der Waals surface area contributed by atoms with Crippen LogP contribution >= 0.6 is 0 Å². The van der Waals surface area contributed by atoms with E-state index >= 15 is 0 Å². The average molecular weight is 357 g/mol. The van der Waals surface area contributed by atoms with Gasteiger partial charge in [0.25, 0.3) is 5.91 Å². The minimum atomic E-state index is -0.311. The van der Waals surface area contributed by atoms with Crippen LogP contribution in [-0.4, -0.2) is 23.8 Å². The molecule has 1 N–H and O–H groups in total. The van der Waals surface area contributed by atoms with Crippen molar-refractivity contribution in [1.29, 1.82) is 0 Å². The molecular formula is C22H19N3O2. The van der Waals surface area contributed by atoms with Gasteiger partial charge in [-0.15, -0.1) is 0 Å². The Labute approximate surface area is 156 Å². The number of ether oxygens (including phenoxy) is 1. The maximum absolute atomic E-state index is 12.6. The molecule has 1 amide bonds. The summed E-state index contributed by atoms with van der Waals surface area (Å²) in [4.78, 5) is 12.6. The number of nitrogens with zero attached hydrogens (tertiary/aromatic N) is 2. The predicted octanol–water partition coefficient (Wildman–Crippen LogP) is 4.10. The van der Waals surface area contributed by atoms with Crippen molar-refractivity contribution in [2.24, 2.45) is 12.1 Å². The second-order valence-corrected chi connectivity index (χ2v) is 6.31. The van der Waals surface area contributed by atoms with Crippen LogP contribution < -0.4 is 10.2 Å². The third kappa shape index (κ3) is 3.15. The van der Waals surface area contributed by atoms with Crippen LogP contribution in [0.1, 0.15) is 15.9 Å². The van der Waals surface area contributed by atoms with Crippen molar-refractivity contribution >= 4 is 33.8 Å². The van der Waals surface area contributed by atoms with E-state index in [0.717, 1.165) is 27.2 Å². The molecule has 0 aliphatic carbocycles. The average Bonchev–Trinajstić information content (AvgIpc) is 3.03. The molecule has 1 heterocycles. The molecule has 4 aromatic rings. The minimum absolute atomic E-state index is 0.311. The Morgan fingerprint density at radius 3 is 2.56 bits per heavy atom. The first-order valence-electron chi connectivity index (χ1n) is 8.61. The van der Waals surface area contributed by atoms with Gasteiger partial charge in [0.1, 0.15) is 5.75 Å². The molecule has 5 nitrogen and oxygen atoms in total. The summed E-state index contributed by atoms with van der Waals surface area (Å²) in [5, 5.41) is 7.22. The maximum atomic E-state index is 12.6. The van der Waals surface area contributed by atoms with Crippen molar-refractivity contribution in [3.8, 4) is 5.75 Å². The monoisotopic (exact) mass is 357 g/mol. The molecule has 4 rings (SSSR count). The van der Waals surface area contributed by atoms with Crippen LogP contribution in [0.5, 0.6) is 5.75 Å². The summed E-state index contributed by atoms with van der Waals surface area (Å²) in [6.07, 6.45) is 3.64. The van der Waals surface area contributed by atoms with Crippen molar-refractivity contribution in [3.05, 3.63) is 78.0 Å². The first-order valence-corrected chi connectivity index (χ1v) is 8.61. The van der Waals surface area contributed by atoms with E-state index in [4.69, 9.17) is 4.74 Å². The van der Waals surface area contributed by atoms with E-state index < -0.39 is 0 Å².